The van der Waals surface area contributed by atoms with Gasteiger partial charge < -0.3 is 0 Å². The van der Waals surface area contributed by atoms with E-state index < -0.39 is 11.6 Å². The summed E-state index contributed by atoms with van der Waals surface area (Å²) in [7, 11) is 0. The van der Waals surface area contributed by atoms with E-state index >= 15 is 4.39 Å². The number of fused-ring (bicyclic) bond motifs is 1. The first-order valence-corrected chi connectivity index (χ1v) is 9.11. The van der Waals surface area contributed by atoms with E-state index in [2.05, 4.69) is 37.3 Å². The van der Waals surface area contributed by atoms with E-state index in [-0.39, 0.29) is 5.82 Å². The van der Waals surface area contributed by atoms with Crippen molar-refractivity contribution < 1.29 is 13.2 Å². The predicted octanol–water partition coefficient (Wildman–Crippen LogP) is 6.52. The van der Waals surface area contributed by atoms with E-state index in [1.807, 2.05) is 6.07 Å². The van der Waals surface area contributed by atoms with Crippen LogP contribution in [0.3, 0.4) is 0 Å². The first-order valence-electron chi connectivity index (χ1n) is 9.11. The molecule has 27 heavy (non-hydrogen) atoms. The maximum atomic E-state index is 15.1. The van der Waals surface area contributed by atoms with Crippen LogP contribution in [0, 0.1) is 17.5 Å². The summed E-state index contributed by atoms with van der Waals surface area (Å²) in [4.78, 5) is 0. The van der Waals surface area contributed by atoms with Crippen molar-refractivity contribution in [3.8, 4) is 11.1 Å². The van der Waals surface area contributed by atoms with Gasteiger partial charge in [0.25, 0.3) is 0 Å². The second-order valence-corrected chi connectivity index (χ2v) is 6.85. The standard InChI is InChI=1S/C24H19F3/c1-2-15-3-5-16(6-4-15)17-7-10-20-18(13-17)8-11-21(24(20)27)19-9-12-22(25)23(26)14-19/h3-9,11-12,14H,2,10,13H2,1H3. The lowest BCUT2D eigenvalue weighted by atomic mass is 9.85. The molecule has 0 bridgehead atoms. The van der Waals surface area contributed by atoms with Crippen molar-refractivity contribution in [3.63, 3.8) is 0 Å². The molecule has 0 heterocycles. The van der Waals surface area contributed by atoms with Crippen LogP contribution < -0.4 is 0 Å². The average molecular weight is 364 g/mol. The molecule has 0 amide bonds. The van der Waals surface area contributed by atoms with E-state index in [4.69, 9.17) is 0 Å². The number of benzene rings is 3. The highest BCUT2D eigenvalue weighted by Crippen LogP contribution is 2.34. The average Bonchev–Trinajstić information content (AvgIpc) is 2.70. The van der Waals surface area contributed by atoms with Crippen molar-refractivity contribution in [1.82, 2.24) is 0 Å². The van der Waals surface area contributed by atoms with Crippen molar-refractivity contribution >= 4 is 5.57 Å². The smallest absolute Gasteiger partial charge is 0.159 e. The van der Waals surface area contributed by atoms with Crippen LogP contribution in [0.25, 0.3) is 16.7 Å². The SMILES string of the molecule is CCc1ccc(C2=CCc3c(ccc(-c4ccc(F)c(F)c4)c3F)C2)cc1. The van der Waals surface area contributed by atoms with E-state index in [1.54, 1.807) is 6.07 Å². The van der Waals surface area contributed by atoms with E-state index in [0.717, 1.165) is 29.7 Å². The molecule has 0 unspecified atom stereocenters. The van der Waals surface area contributed by atoms with Crippen molar-refractivity contribution in [2.24, 2.45) is 0 Å². The van der Waals surface area contributed by atoms with Crippen molar-refractivity contribution in [2.75, 3.05) is 0 Å². The largest absolute Gasteiger partial charge is 0.206 e. The van der Waals surface area contributed by atoms with Crippen molar-refractivity contribution in [3.05, 3.63) is 100 Å². The molecule has 3 heteroatoms. The normalized spacial score (nSPS) is 13.3. The molecule has 0 spiro atoms. The summed E-state index contributed by atoms with van der Waals surface area (Å²) in [6.07, 6.45) is 4.21. The van der Waals surface area contributed by atoms with Gasteiger partial charge in [-0.25, -0.2) is 13.2 Å². The van der Waals surface area contributed by atoms with Gasteiger partial charge in [-0.1, -0.05) is 55.5 Å². The molecule has 0 saturated carbocycles. The fourth-order valence-electron chi connectivity index (χ4n) is 3.61. The van der Waals surface area contributed by atoms with E-state index in [1.165, 1.54) is 17.2 Å². The Labute approximate surface area is 157 Å². The Morgan fingerprint density at radius 1 is 0.815 bits per heavy atom. The third-order valence-corrected chi connectivity index (χ3v) is 5.24. The Balaban J connectivity index is 1.66. The van der Waals surface area contributed by atoms with Gasteiger partial charge in [0.15, 0.2) is 11.6 Å². The number of allylic oxidation sites excluding steroid dienone is 2. The van der Waals surface area contributed by atoms with Crippen LogP contribution in [-0.2, 0) is 19.3 Å². The highest BCUT2D eigenvalue weighted by atomic mass is 19.2. The Morgan fingerprint density at radius 2 is 1.56 bits per heavy atom. The Morgan fingerprint density at radius 3 is 2.26 bits per heavy atom. The summed E-state index contributed by atoms with van der Waals surface area (Å²) in [5.74, 6) is -2.25. The van der Waals surface area contributed by atoms with Gasteiger partial charge in [-0.3, -0.25) is 0 Å². The highest BCUT2D eigenvalue weighted by Gasteiger charge is 2.19. The Kier molecular flexibility index (Phi) is 4.61. The third-order valence-electron chi connectivity index (χ3n) is 5.24. The Hall–Kier alpha value is -2.81. The zero-order valence-electron chi connectivity index (χ0n) is 15.0. The van der Waals surface area contributed by atoms with Gasteiger partial charge in [0.05, 0.1) is 0 Å². The third kappa shape index (κ3) is 3.30. The number of hydrogen-bond donors (Lipinski definition) is 0. The number of hydrogen-bond acceptors (Lipinski definition) is 0. The first-order chi connectivity index (χ1) is 13.1. The van der Waals surface area contributed by atoms with Gasteiger partial charge in [0.2, 0.25) is 0 Å². The maximum absolute atomic E-state index is 15.1. The summed E-state index contributed by atoms with van der Waals surface area (Å²) >= 11 is 0. The topological polar surface area (TPSA) is 0 Å². The molecule has 0 N–H and O–H groups in total. The summed E-state index contributed by atoms with van der Waals surface area (Å²) in [6, 6.07) is 15.5. The molecule has 1 aliphatic rings. The molecule has 3 aromatic rings. The molecule has 3 aromatic carbocycles. The van der Waals surface area contributed by atoms with Gasteiger partial charge in [-0.05, 0) is 64.8 Å². The lowest BCUT2D eigenvalue weighted by Gasteiger charge is -2.20. The zero-order chi connectivity index (χ0) is 19.0. The lowest BCUT2D eigenvalue weighted by Crippen LogP contribution is -2.06. The van der Waals surface area contributed by atoms with Crippen LogP contribution in [0.5, 0.6) is 0 Å². The number of aryl methyl sites for hydroxylation is 1. The second kappa shape index (κ2) is 7.07. The van der Waals surface area contributed by atoms with Crippen LogP contribution in [0.15, 0.2) is 60.7 Å². The molecular weight excluding hydrogens is 345 g/mol. The predicted molar refractivity (Wildman–Crippen MR) is 103 cm³/mol. The lowest BCUT2D eigenvalue weighted by molar-refractivity contribution is 0.509. The Bertz CT molecular complexity index is 1030. The molecule has 4 rings (SSSR count). The van der Waals surface area contributed by atoms with Gasteiger partial charge in [-0.2, -0.15) is 0 Å². The minimum atomic E-state index is -0.970. The van der Waals surface area contributed by atoms with E-state index in [9.17, 15) is 8.78 Å². The van der Waals surface area contributed by atoms with E-state index in [0.29, 0.717) is 29.5 Å². The van der Waals surface area contributed by atoms with Crippen molar-refractivity contribution in [2.45, 2.75) is 26.2 Å². The molecule has 0 aliphatic heterocycles. The summed E-state index contributed by atoms with van der Waals surface area (Å²) in [5.41, 5.74) is 5.85. The zero-order valence-corrected chi connectivity index (χ0v) is 15.0. The van der Waals surface area contributed by atoms with Crippen LogP contribution >= 0.6 is 0 Å². The second-order valence-electron chi connectivity index (χ2n) is 6.85. The van der Waals surface area contributed by atoms with Gasteiger partial charge in [-0.15, -0.1) is 0 Å². The molecule has 0 aromatic heterocycles. The van der Waals surface area contributed by atoms with Gasteiger partial charge >= 0.3 is 0 Å². The van der Waals surface area contributed by atoms with Gasteiger partial charge in [0.1, 0.15) is 5.82 Å². The molecule has 136 valence electrons. The minimum absolute atomic E-state index is 0.303. The molecule has 0 saturated heterocycles. The van der Waals surface area contributed by atoms with Crippen molar-refractivity contribution in [1.29, 1.82) is 0 Å². The molecule has 0 fully saturated rings. The van der Waals surface area contributed by atoms with Crippen LogP contribution in [0.1, 0.15) is 29.2 Å². The summed E-state index contributed by atoms with van der Waals surface area (Å²) in [6.45, 7) is 2.12. The molecule has 0 atom stereocenters. The monoisotopic (exact) mass is 364 g/mol. The molecule has 0 nitrogen and oxygen atoms in total. The highest BCUT2D eigenvalue weighted by molar-refractivity contribution is 5.73. The summed E-state index contributed by atoms with van der Waals surface area (Å²) in [5, 5.41) is 0. The van der Waals surface area contributed by atoms with Crippen LogP contribution in [-0.4, -0.2) is 0 Å². The van der Waals surface area contributed by atoms with Crippen LogP contribution in [0.2, 0.25) is 0 Å². The fourth-order valence-corrected chi connectivity index (χ4v) is 3.61. The summed E-state index contributed by atoms with van der Waals surface area (Å²) < 4.78 is 41.7. The minimum Gasteiger partial charge on any atom is -0.206 e. The number of halogens is 3. The maximum Gasteiger partial charge on any atom is 0.159 e. The molecule has 1 aliphatic carbocycles. The number of rotatable bonds is 3. The van der Waals surface area contributed by atoms with Gasteiger partial charge in [0, 0.05) is 5.56 Å². The van der Waals surface area contributed by atoms with Crippen LogP contribution in [0.4, 0.5) is 13.2 Å². The quantitative estimate of drug-likeness (QED) is 0.497. The molecular formula is C24H19F3. The first kappa shape index (κ1) is 17.6. The fraction of sp³-hybridized carbons (Fsp3) is 0.167. The molecule has 0 radical (unpaired) electrons.